The van der Waals surface area contributed by atoms with Gasteiger partial charge in [0.1, 0.15) is 0 Å². The summed E-state index contributed by atoms with van der Waals surface area (Å²) in [5, 5.41) is 1.26. The summed E-state index contributed by atoms with van der Waals surface area (Å²) in [7, 11) is 0. The zero-order valence-corrected chi connectivity index (χ0v) is 22.2. The van der Waals surface area contributed by atoms with Gasteiger partial charge in [-0.25, -0.2) is 9.59 Å². The SMILES string of the molecule is CCOc1c(OCC)c(OC(=O)C2(OCC)C=CC=CC2)c2ccc(Cl)cc2c1OC(=O)c1ccccc1. The molecule has 0 N–H and O–H groups in total. The number of rotatable bonds is 10. The minimum Gasteiger partial charge on any atom is -0.487 e. The molecule has 3 aromatic rings. The molecule has 38 heavy (non-hydrogen) atoms. The number of hydrogen-bond acceptors (Lipinski definition) is 7. The Morgan fingerprint density at radius 1 is 0.816 bits per heavy atom. The molecule has 0 spiro atoms. The summed E-state index contributed by atoms with van der Waals surface area (Å²) in [4.78, 5) is 26.7. The number of allylic oxidation sites excluding steroid dienone is 2. The Bertz CT molecular complexity index is 1380. The van der Waals surface area contributed by atoms with E-state index in [1.165, 1.54) is 0 Å². The summed E-state index contributed by atoms with van der Waals surface area (Å²) in [6.07, 6.45) is 7.43. The van der Waals surface area contributed by atoms with Crippen molar-refractivity contribution in [3.05, 3.63) is 83.4 Å². The second kappa shape index (κ2) is 12.2. The number of fused-ring (bicyclic) bond motifs is 1. The Kier molecular flexibility index (Phi) is 8.71. The van der Waals surface area contributed by atoms with E-state index in [0.717, 1.165) is 0 Å². The second-order valence-corrected chi connectivity index (χ2v) is 8.77. The summed E-state index contributed by atoms with van der Waals surface area (Å²) in [6, 6.07) is 13.6. The highest BCUT2D eigenvalue weighted by Gasteiger charge is 2.40. The smallest absolute Gasteiger partial charge is 0.348 e. The lowest BCUT2D eigenvalue weighted by molar-refractivity contribution is -0.155. The van der Waals surface area contributed by atoms with Crippen molar-refractivity contribution < 1.29 is 33.3 Å². The molecule has 0 fully saturated rings. The monoisotopic (exact) mass is 536 g/mol. The number of carbonyl (C=O) groups is 2. The average molecular weight is 537 g/mol. The van der Waals surface area contributed by atoms with Crippen LogP contribution < -0.4 is 18.9 Å². The lowest BCUT2D eigenvalue weighted by Gasteiger charge is -2.29. The van der Waals surface area contributed by atoms with Gasteiger partial charge in [-0.1, -0.05) is 48.0 Å². The molecule has 0 aliphatic heterocycles. The molecule has 0 amide bonds. The Morgan fingerprint density at radius 2 is 1.50 bits per heavy atom. The van der Waals surface area contributed by atoms with E-state index < -0.39 is 17.5 Å². The molecule has 0 heterocycles. The lowest BCUT2D eigenvalue weighted by atomic mass is 9.95. The van der Waals surface area contributed by atoms with Gasteiger partial charge in [0.25, 0.3) is 0 Å². The summed E-state index contributed by atoms with van der Waals surface area (Å²) in [5.74, 6) is -0.714. The van der Waals surface area contributed by atoms with E-state index in [0.29, 0.717) is 34.4 Å². The fraction of sp³-hybridized carbons (Fsp3) is 0.267. The molecule has 0 bridgehead atoms. The number of halogens is 1. The Morgan fingerprint density at radius 3 is 2.11 bits per heavy atom. The van der Waals surface area contributed by atoms with Crippen LogP contribution in [0.3, 0.4) is 0 Å². The third-order valence-electron chi connectivity index (χ3n) is 5.85. The zero-order valence-electron chi connectivity index (χ0n) is 21.5. The van der Waals surface area contributed by atoms with Gasteiger partial charge < -0.3 is 23.7 Å². The van der Waals surface area contributed by atoms with Crippen LogP contribution in [0, 0.1) is 0 Å². The van der Waals surface area contributed by atoms with Crippen molar-refractivity contribution in [2.24, 2.45) is 0 Å². The zero-order chi connectivity index (χ0) is 27.1. The summed E-state index contributed by atoms with van der Waals surface area (Å²) in [5.41, 5.74) is -0.940. The van der Waals surface area contributed by atoms with Gasteiger partial charge in [0.05, 0.1) is 18.8 Å². The van der Waals surface area contributed by atoms with Gasteiger partial charge in [0.2, 0.25) is 11.5 Å². The molecule has 8 heteroatoms. The number of carbonyl (C=O) groups excluding carboxylic acids is 2. The van der Waals surface area contributed by atoms with Crippen LogP contribution in [0.1, 0.15) is 37.6 Å². The van der Waals surface area contributed by atoms with E-state index in [4.69, 9.17) is 35.3 Å². The summed E-state index contributed by atoms with van der Waals surface area (Å²) < 4.78 is 29.7. The van der Waals surface area contributed by atoms with Crippen LogP contribution in [0.25, 0.3) is 10.8 Å². The first-order valence-corrected chi connectivity index (χ1v) is 12.8. The van der Waals surface area contributed by atoms with Crippen molar-refractivity contribution in [3.63, 3.8) is 0 Å². The highest BCUT2D eigenvalue weighted by molar-refractivity contribution is 6.31. The normalized spacial score (nSPS) is 16.3. The van der Waals surface area contributed by atoms with Crippen LogP contribution in [0.5, 0.6) is 23.0 Å². The van der Waals surface area contributed by atoms with Crippen molar-refractivity contribution >= 4 is 34.3 Å². The van der Waals surface area contributed by atoms with E-state index in [1.54, 1.807) is 74.5 Å². The van der Waals surface area contributed by atoms with Crippen LogP contribution in [0.4, 0.5) is 0 Å². The fourth-order valence-corrected chi connectivity index (χ4v) is 4.36. The predicted molar refractivity (Wildman–Crippen MR) is 146 cm³/mol. The number of hydrogen-bond donors (Lipinski definition) is 0. The van der Waals surface area contributed by atoms with E-state index in [9.17, 15) is 9.59 Å². The minimum absolute atomic E-state index is 0.112. The van der Waals surface area contributed by atoms with Crippen LogP contribution in [-0.2, 0) is 9.53 Å². The van der Waals surface area contributed by atoms with Crippen molar-refractivity contribution in [2.75, 3.05) is 19.8 Å². The Balaban J connectivity index is 1.91. The highest BCUT2D eigenvalue weighted by Crippen LogP contribution is 2.52. The van der Waals surface area contributed by atoms with Gasteiger partial charge in [0.15, 0.2) is 17.1 Å². The van der Waals surface area contributed by atoms with E-state index in [-0.39, 0.29) is 36.2 Å². The van der Waals surface area contributed by atoms with Crippen molar-refractivity contribution in [1.82, 2.24) is 0 Å². The highest BCUT2D eigenvalue weighted by atomic mass is 35.5. The molecule has 198 valence electrons. The summed E-state index contributed by atoms with van der Waals surface area (Å²) >= 11 is 6.36. The van der Waals surface area contributed by atoms with E-state index in [2.05, 4.69) is 0 Å². The van der Waals surface area contributed by atoms with E-state index in [1.807, 2.05) is 19.1 Å². The Hall–Kier alpha value is -3.81. The standard InChI is InChI=1S/C30H29ClO7/c1-4-34-26-24(38-29(33)30(36-6-3)17-11-8-12-18-30)22-16-15-21(31)19-23(22)25(27(26)35-5-2)37-28(32)20-13-9-7-10-14-20/h7-17,19H,4-6,18H2,1-3H3. The van der Waals surface area contributed by atoms with Crippen LogP contribution in [0.2, 0.25) is 5.02 Å². The lowest BCUT2D eigenvalue weighted by Crippen LogP contribution is -2.43. The van der Waals surface area contributed by atoms with Gasteiger partial charge >= 0.3 is 11.9 Å². The minimum atomic E-state index is -1.30. The molecule has 1 aliphatic carbocycles. The molecule has 4 rings (SSSR count). The third-order valence-corrected chi connectivity index (χ3v) is 6.08. The first kappa shape index (κ1) is 27.2. The average Bonchev–Trinajstić information content (AvgIpc) is 2.93. The number of ether oxygens (including phenoxy) is 5. The molecule has 0 saturated heterocycles. The van der Waals surface area contributed by atoms with Crippen molar-refractivity contribution in [2.45, 2.75) is 32.8 Å². The molecule has 7 nitrogen and oxygen atoms in total. The second-order valence-electron chi connectivity index (χ2n) is 8.33. The maximum absolute atomic E-state index is 13.6. The molecule has 1 unspecified atom stereocenters. The first-order chi connectivity index (χ1) is 18.4. The molecule has 1 aliphatic rings. The van der Waals surface area contributed by atoms with Crippen LogP contribution in [-0.4, -0.2) is 37.4 Å². The van der Waals surface area contributed by atoms with Gasteiger partial charge in [0, 0.05) is 28.8 Å². The van der Waals surface area contributed by atoms with Crippen molar-refractivity contribution in [3.8, 4) is 23.0 Å². The molecule has 1 atom stereocenters. The van der Waals surface area contributed by atoms with E-state index >= 15 is 0 Å². The molecular weight excluding hydrogens is 508 g/mol. The molecular formula is C30H29ClO7. The summed E-state index contributed by atoms with van der Waals surface area (Å²) in [6.45, 7) is 6.16. The van der Waals surface area contributed by atoms with Gasteiger partial charge in [-0.15, -0.1) is 0 Å². The largest absolute Gasteiger partial charge is 0.487 e. The third kappa shape index (κ3) is 5.54. The van der Waals surface area contributed by atoms with Crippen LogP contribution in [0.15, 0.2) is 72.8 Å². The van der Waals surface area contributed by atoms with Crippen LogP contribution >= 0.6 is 11.6 Å². The Labute approximate surface area is 226 Å². The maximum atomic E-state index is 13.6. The first-order valence-electron chi connectivity index (χ1n) is 12.5. The van der Waals surface area contributed by atoms with Gasteiger partial charge in [-0.2, -0.15) is 0 Å². The predicted octanol–water partition coefficient (Wildman–Crippen LogP) is 6.71. The molecule has 0 saturated carbocycles. The molecule has 3 aromatic carbocycles. The van der Waals surface area contributed by atoms with Crippen molar-refractivity contribution in [1.29, 1.82) is 0 Å². The topological polar surface area (TPSA) is 80.3 Å². The number of esters is 2. The van der Waals surface area contributed by atoms with Gasteiger partial charge in [-0.05, 0) is 57.2 Å². The molecule has 0 radical (unpaired) electrons. The fourth-order valence-electron chi connectivity index (χ4n) is 4.19. The van der Waals surface area contributed by atoms with Gasteiger partial charge in [-0.3, -0.25) is 0 Å². The quantitative estimate of drug-likeness (QED) is 0.210. The molecule has 0 aromatic heterocycles. The maximum Gasteiger partial charge on any atom is 0.348 e. The number of benzene rings is 3.